The monoisotopic (exact) mass is 508 g/mol. The number of halogens is 2. The van der Waals surface area contributed by atoms with Crippen LogP contribution in [0.5, 0.6) is 0 Å². The van der Waals surface area contributed by atoms with Crippen LogP contribution in [-0.4, -0.2) is 13.1 Å². The lowest BCUT2D eigenvalue weighted by Gasteiger charge is -2.17. The number of carbonyl (C=O) groups is 1. The number of aryl methyl sites for hydroxylation is 1. The third kappa shape index (κ3) is 2.92. The van der Waals surface area contributed by atoms with Gasteiger partial charge in [0.05, 0.1) is 7.11 Å². The van der Waals surface area contributed by atoms with E-state index in [1.165, 1.54) is 55.8 Å². The number of fused-ring (bicyclic) bond motifs is 2. The molecule has 0 bridgehead atoms. The molecule has 0 aliphatic heterocycles. The molecular weight excluding hydrogens is 492 g/mol. The van der Waals surface area contributed by atoms with E-state index >= 15 is 0 Å². The molecule has 0 radical (unpaired) electrons. The van der Waals surface area contributed by atoms with Crippen LogP contribution < -0.4 is 0 Å². The van der Waals surface area contributed by atoms with Crippen molar-refractivity contribution < 1.29 is 9.53 Å². The van der Waals surface area contributed by atoms with Gasteiger partial charge in [-0.05, 0) is 68.2 Å². The summed E-state index contributed by atoms with van der Waals surface area (Å²) in [6.07, 6.45) is 2.10. The summed E-state index contributed by atoms with van der Waals surface area (Å²) in [5, 5.41) is 10.2. The minimum atomic E-state index is -0.149. The Hall–Kier alpha value is -2.17. The molecular formula is C25H18Br2O2. The van der Waals surface area contributed by atoms with Crippen LogP contribution in [0.2, 0.25) is 0 Å². The van der Waals surface area contributed by atoms with Crippen LogP contribution >= 0.6 is 31.9 Å². The maximum atomic E-state index is 11.5. The molecule has 0 saturated heterocycles. The average Bonchev–Trinajstić information content (AvgIpc) is 2.74. The van der Waals surface area contributed by atoms with Crippen LogP contribution in [0.15, 0.2) is 63.5 Å². The number of carbonyl (C=O) groups excluding carboxylic acids is 1. The molecule has 29 heavy (non-hydrogen) atoms. The molecule has 5 rings (SSSR count). The summed E-state index contributed by atoms with van der Waals surface area (Å²) in [4.78, 5) is 11.5. The van der Waals surface area contributed by atoms with E-state index < -0.39 is 0 Å². The molecule has 0 heterocycles. The fourth-order valence-electron chi connectivity index (χ4n) is 4.52. The lowest BCUT2D eigenvalue weighted by Crippen LogP contribution is -2.01. The molecule has 0 amide bonds. The third-order valence-electron chi connectivity index (χ3n) is 5.82. The molecule has 0 aromatic heterocycles. The lowest BCUT2D eigenvalue weighted by molar-refractivity contribution is -0.140. The van der Waals surface area contributed by atoms with E-state index in [0.717, 1.165) is 21.8 Å². The van der Waals surface area contributed by atoms with Crippen molar-refractivity contribution in [2.75, 3.05) is 7.11 Å². The van der Waals surface area contributed by atoms with Crippen molar-refractivity contribution in [3.8, 4) is 0 Å². The smallest absolute Gasteiger partial charge is 0.305 e. The van der Waals surface area contributed by atoms with Gasteiger partial charge in [0.2, 0.25) is 0 Å². The van der Waals surface area contributed by atoms with Crippen LogP contribution in [0, 0.1) is 0 Å². The number of esters is 1. The molecule has 0 spiro atoms. The number of ether oxygens (including phenoxy) is 1. The van der Waals surface area contributed by atoms with Gasteiger partial charge in [-0.25, -0.2) is 0 Å². The maximum absolute atomic E-state index is 11.5. The first-order valence-corrected chi connectivity index (χ1v) is 11.2. The van der Waals surface area contributed by atoms with Gasteiger partial charge in [0, 0.05) is 20.8 Å². The molecule has 5 aromatic carbocycles. The normalized spacial score (nSPS) is 11.8. The minimum Gasteiger partial charge on any atom is -0.469 e. The Bertz CT molecular complexity index is 1350. The van der Waals surface area contributed by atoms with Crippen molar-refractivity contribution in [1.29, 1.82) is 0 Å². The number of methoxy groups -OCH3 is 1. The highest BCUT2D eigenvalue weighted by Gasteiger charge is 2.17. The van der Waals surface area contributed by atoms with Crippen molar-refractivity contribution in [2.45, 2.75) is 19.3 Å². The molecule has 144 valence electrons. The predicted molar refractivity (Wildman–Crippen MR) is 128 cm³/mol. The highest BCUT2D eigenvalue weighted by molar-refractivity contribution is 9.11. The zero-order chi connectivity index (χ0) is 20.1. The zero-order valence-electron chi connectivity index (χ0n) is 15.9. The van der Waals surface area contributed by atoms with E-state index in [-0.39, 0.29) is 5.97 Å². The fourth-order valence-corrected chi connectivity index (χ4v) is 5.88. The van der Waals surface area contributed by atoms with Crippen molar-refractivity contribution in [3.63, 3.8) is 0 Å². The molecule has 0 aliphatic carbocycles. The quantitative estimate of drug-likeness (QED) is 0.140. The first-order valence-electron chi connectivity index (χ1n) is 9.63. The molecule has 0 fully saturated rings. The molecule has 5 aromatic rings. The largest absolute Gasteiger partial charge is 0.469 e. The van der Waals surface area contributed by atoms with Crippen molar-refractivity contribution in [2.24, 2.45) is 0 Å². The first kappa shape index (κ1) is 18.8. The standard InChI is InChI=1S/C25H18Br2O2/c1-29-22(28)7-2-4-14-8-9-17-19-11-13-21(27)25-20(26)12-10-18(24(19)25)16-6-3-5-15(14)23(16)17/h3,5-6,8-13H,2,4,7H2,1H3. The third-order valence-corrected chi connectivity index (χ3v) is 7.15. The SMILES string of the molecule is COC(=O)CCCc1ccc2c3ccc(Br)c4c(Br)ccc(c5cccc1c52)c43. The Balaban J connectivity index is 1.81. The molecule has 0 unspecified atom stereocenters. The molecule has 2 nitrogen and oxygen atoms in total. The Morgan fingerprint density at radius 3 is 2.03 bits per heavy atom. The molecule has 0 aliphatic rings. The van der Waals surface area contributed by atoms with Crippen LogP contribution in [-0.2, 0) is 16.0 Å². The fraction of sp³-hybridized carbons (Fsp3) is 0.160. The Morgan fingerprint density at radius 2 is 1.34 bits per heavy atom. The molecule has 4 heteroatoms. The van der Waals surface area contributed by atoms with Gasteiger partial charge in [-0.1, -0.05) is 74.3 Å². The highest BCUT2D eigenvalue weighted by Crippen LogP contribution is 2.44. The molecule has 0 N–H and O–H groups in total. The summed E-state index contributed by atoms with van der Waals surface area (Å²) in [5.41, 5.74) is 1.28. The lowest BCUT2D eigenvalue weighted by atomic mass is 9.87. The van der Waals surface area contributed by atoms with E-state index in [9.17, 15) is 4.79 Å². The van der Waals surface area contributed by atoms with Crippen LogP contribution in [0.4, 0.5) is 0 Å². The second-order valence-electron chi connectivity index (χ2n) is 7.37. The van der Waals surface area contributed by atoms with Crippen molar-refractivity contribution in [3.05, 3.63) is 69.1 Å². The number of hydrogen-bond donors (Lipinski definition) is 0. The van der Waals surface area contributed by atoms with Crippen LogP contribution in [0.1, 0.15) is 18.4 Å². The van der Waals surface area contributed by atoms with Gasteiger partial charge in [-0.3, -0.25) is 4.79 Å². The van der Waals surface area contributed by atoms with Crippen molar-refractivity contribution in [1.82, 2.24) is 0 Å². The van der Waals surface area contributed by atoms with Crippen LogP contribution in [0.3, 0.4) is 0 Å². The Morgan fingerprint density at radius 1 is 0.759 bits per heavy atom. The summed E-state index contributed by atoms with van der Waals surface area (Å²) in [6, 6.07) is 19.7. The van der Waals surface area contributed by atoms with Gasteiger partial charge in [-0.15, -0.1) is 0 Å². The van der Waals surface area contributed by atoms with Gasteiger partial charge in [0.25, 0.3) is 0 Å². The summed E-state index contributed by atoms with van der Waals surface area (Å²) < 4.78 is 6.98. The second kappa shape index (κ2) is 7.26. The van der Waals surface area contributed by atoms with E-state index in [1.807, 2.05) is 0 Å². The van der Waals surface area contributed by atoms with Crippen molar-refractivity contribution >= 4 is 80.9 Å². The average molecular weight is 510 g/mol. The summed E-state index contributed by atoms with van der Waals surface area (Å²) >= 11 is 7.47. The highest BCUT2D eigenvalue weighted by atomic mass is 79.9. The first-order chi connectivity index (χ1) is 14.1. The zero-order valence-corrected chi connectivity index (χ0v) is 19.1. The summed E-state index contributed by atoms with van der Waals surface area (Å²) in [6.45, 7) is 0. The second-order valence-corrected chi connectivity index (χ2v) is 9.08. The summed E-state index contributed by atoms with van der Waals surface area (Å²) in [7, 11) is 1.44. The van der Waals surface area contributed by atoms with E-state index in [1.54, 1.807) is 0 Å². The summed E-state index contributed by atoms with van der Waals surface area (Å²) in [5.74, 6) is -0.149. The Kier molecular flexibility index (Phi) is 4.72. The number of benzene rings is 5. The van der Waals surface area contributed by atoms with Gasteiger partial charge in [0.15, 0.2) is 0 Å². The van der Waals surface area contributed by atoms with Gasteiger partial charge < -0.3 is 4.74 Å². The minimum absolute atomic E-state index is 0.149. The van der Waals surface area contributed by atoms with E-state index in [2.05, 4.69) is 86.5 Å². The van der Waals surface area contributed by atoms with Gasteiger partial charge in [0.1, 0.15) is 0 Å². The molecule has 0 atom stereocenters. The van der Waals surface area contributed by atoms with Gasteiger partial charge in [-0.2, -0.15) is 0 Å². The van der Waals surface area contributed by atoms with E-state index in [0.29, 0.717) is 6.42 Å². The number of rotatable bonds is 4. The topological polar surface area (TPSA) is 26.3 Å². The molecule has 0 saturated carbocycles. The predicted octanol–water partition coefficient (Wildman–Crippen LogP) is 7.76. The van der Waals surface area contributed by atoms with Crippen LogP contribution in [0.25, 0.3) is 43.1 Å². The van der Waals surface area contributed by atoms with E-state index in [4.69, 9.17) is 4.74 Å². The number of hydrogen-bond acceptors (Lipinski definition) is 2. The van der Waals surface area contributed by atoms with Gasteiger partial charge >= 0.3 is 5.97 Å². The Labute approximate surface area is 185 Å². The maximum Gasteiger partial charge on any atom is 0.305 e.